The molecule has 0 aromatic heterocycles. The van der Waals surface area contributed by atoms with Crippen molar-refractivity contribution in [2.45, 2.75) is 153 Å². The Balaban J connectivity index is 0.000000196. The molecule has 9 nitrogen and oxygen atoms in total. The molecule has 4 bridgehead atoms. The second-order valence-electron chi connectivity index (χ2n) is 11.5. The molecule has 0 saturated carbocycles. The number of carbonyl (C=O) groups excluding carboxylic acids is 2. The highest BCUT2D eigenvalue weighted by Gasteiger charge is 2.41. The van der Waals surface area contributed by atoms with E-state index in [1.165, 1.54) is 32.1 Å². The Hall–Kier alpha value is -1.13. The lowest BCUT2D eigenvalue weighted by atomic mass is 9.83. The number of amides is 1. The van der Waals surface area contributed by atoms with E-state index in [2.05, 4.69) is 10.1 Å². The Morgan fingerprint density at radius 3 is 1.66 bits per heavy atom. The first-order valence-corrected chi connectivity index (χ1v) is 15.0. The van der Waals surface area contributed by atoms with Gasteiger partial charge in [0.15, 0.2) is 0 Å². The van der Waals surface area contributed by atoms with Gasteiger partial charge < -0.3 is 34.6 Å². The predicted octanol–water partition coefficient (Wildman–Crippen LogP) is 5.13. The van der Waals surface area contributed by atoms with E-state index < -0.39 is 5.43 Å². The molecular formula is C28H51ClN2O7. The molecular weight excluding hydrogens is 512 g/mol. The lowest BCUT2D eigenvalue weighted by molar-refractivity contribution is -0.0300. The van der Waals surface area contributed by atoms with Gasteiger partial charge >= 0.3 is 11.5 Å². The van der Waals surface area contributed by atoms with Gasteiger partial charge in [-0.3, -0.25) is 0 Å². The summed E-state index contributed by atoms with van der Waals surface area (Å²) >= 11 is 4.81. The largest absolute Gasteiger partial charge is 0.451 e. The van der Waals surface area contributed by atoms with Crippen LogP contribution in [-0.2, 0) is 14.2 Å². The van der Waals surface area contributed by atoms with Crippen LogP contribution in [0.3, 0.4) is 0 Å². The number of fused-ring (bicyclic) bond motifs is 4. The van der Waals surface area contributed by atoms with Crippen molar-refractivity contribution in [3.05, 3.63) is 0 Å². The molecule has 3 N–H and O–H groups in total. The van der Waals surface area contributed by atoms with E-state index in [1.54, 1.807) is 13.8 Å². The van der Waals surface area contributed by atoms with Crippen molar-refractivity contribution in [2.24, 2.45) is 0 Å². The number of nitrogens with zero attached hydrogens (tertiary/aromatic N) is 1. The van der Waals surface area contributed by atoms with Crippen molar-refractivity contribution in [3.63, 3.8) is 0 Å². The van der Waals surface area contributed by atoms with Gasteiger partial charge in [-0.1, -0.05) is 6.42 Å². The first-order chi connectivity index (χ1) is 18.0. The maximum absolute atomic E-state index is 12.0. The number of halogens is 1. The Labute approximate surface area is 233 Å². The Bertz CT molecular complexity index is 655. The van der Waals surface area contributed by atoms with E-state index in [4.69, 9.17) is 21.1 Å². The van der Waals surface area contributed by atoms with Crippen LogP contribution in [0.25, 0.3) is 0 Å². The Morgan fingerprint density at radius 1 is 0.789 bits per heavy atom. The van der Waals surface area contributed by atoms with Gasteiger partial charge in [-0.2, -0.15) is 0 Å². The van der Waals surface area contributed by atoms with Crippen LogP contribution in [0.5, 0.6) is 0 Å². The van der Waals surface area contributed by atoms with Crippen LogP contribution >= 0.6 is 11.6 Å². The fourth-order valence-electron chi connectivity index (χ4n) is 5.84. The highest BCUT2D eigenvalue weighted by molar-refractivity contribution is 6.61. The molecule has 0 aromatic carbocycles. The van der Waals surface area contributed by atoms with E-state index in [1.807, 2.05) is 18.7 Å². The molecule has 4 atom stereocenters. The van der Waals surface area contributed by atoms with Gasteiger partial charge in [-0.25, -0.2) is 9.59 Å². The van der Waals surface area contributed by atoms with Crippen molar-refractivity contribution < 1.29 is 34.0 Å². The third-order valence-electron chi connectivity index (χ3n) is 7.34. The maximum atomic E-state index is 12.0. The summed E-state index contributed by atoms with van der Waals surface area (Å²) in [6.45, 7) is 9.21. The monoisotopic (exact) mass is 562 g/mol. The fraction of sp³-hybridized carbons (Fsp3) is 0.929. The van der Waals surface area contributed by atoms with Gasteiger partial charge in [0.25, 0.3) is 0 Å². The van der Waals surface area contributed by atoms with Crippen molar-refractivity contribution >= 4 is 23.1 Å². The van der Waals surface area contributed by atoms with Gasteiger partial charge in [0, 0.05) is 49.0 Å². The van der Waals surface area contributed by atoms with Crippen molar-refractivity contribution in [1.82, 2.24) is 10.2 Å². The zero-order chi connectivity index (χ0) is 28.1. The Kier molecular flexibility index (Phi) is 15.3. The molecule has 4 unspecified atom stereocenters. The van der Waals surface area contributed by atoms with Gasteiger partial charge in [0.05, 0.1) is 24.4 Å². The quantitative estimate of drug-likeness (QED) is 0.397. The summed E-state index contributed by atoms with van der Waals surface area (Å²) in [7, 11) is 0. The SMILES string of the molecule is C1CCOC1.CC(C)OC(=O)Cl.CC(C)OC(=O)N1C2CCCC1CC(O)C2.OC1CC2CCCC(C1)N2. The van der Waals surface area contributed by atoms with Crippen LogP contribution < -0.4 is 5.32 Å². The molecule has 0 spiro atoms. The minimum absolute atomic E-state index is 0.0171. The smallest absolute Gasteiger partial charge is 0.410 e. The lowest BCUT2D eigenvalue weighted by Gasteiger charge is -2.47. The first kappa shape index (κ1) is 33.1. The number of hydrogen-bond donors (Lipinski definition) is 3. The molecule has 5 aliphatic heterocycles. The van der Waals surface area contributed by atoms with E-state index in [-0.39, 0.29) is 42.6 Å². The van der Waals surface area contributed by atoms with Gasteiger partial charge in [0.1, 0.15) is 0 Å². The van der Waals surface area contributed by atoms with Crippen LogP contribution in [0.15, 0.2) is 0 Å². The zero-order valence-electron chi connectivity index (χ0n) is 23.8. The third-order valence-corrected chi connectivity index (χ3v) is 7.43. The summed E-state index contributed by atoms with van der Waals surface area (Å²) in [4.78, 5) is 23.6. The van der Waals surface area contributed by atoms with E-state index >= 15 is 0 Å². The Morgan fingerprint density at radius 2 is 1.26 bits per heavy atom. The number of aliphatic hydroxyl groups excluding tert-OH is 2. The fourth-order valence-corrected chi connectivity index (χ4v) is 6.02. The summed E-state index contributed by atoms with van der Waals surface area (Å²) in [5, 5.41) is 22.6. The van der Waals surface area contributed by atoms with Gasteiger partial charge in [-0.05, 0) is 98.3 Å². The van der Waals surface area contributed by atoms with Crippen molar-refractivity contribution in [3.8, 4) is 0 Å². The molecule has 10 heteroatoms. The predicted molar refractivity (Wildman–Crippen MR) is 147 cm³/mol. The summed E-state index contributed by atoms with van der Waals surface area (Å²) in [6.07, 6.45) is 12.4. The van der Waals surface area contributed by atoms with Crippen LogP contribution in [0.2, 0.25) is 0 Å². The molecule has 5 saturated heterocycles. The number of ether oxygens (including phenoxy) is 3. The highest BCUT2D eigenvalue weighted by Crippen LogP contribution is 2.34. The normalized spacial score (nSPS) is 31.6. The minimum atomic E-state index is -0.741. The topological polar surface area (TPSA) is 118 Å². The number of rotatable bonds is 2. The number of carbonyl (C=O) groups is 2. The second-order valence-corrected chi connectivity index (χ2v) is 11.9. The molecule has 5 fully saturated rings. The van der Waals surface area contributed by atoms with Gasteiger partial charge in [-0.15, -0.1) is 0 Å². The highest BCUT2D eigenvalue weighted by atomic mass is 35.5. The number of piperidine rings is 4. The molecule has 38 heavy (non-hydrogen) atoms. The minimum Gasteiger partial charge on any atom is -0.451 e. The van der Waals surface area contributed by atoms with Crippen LogP contribution in [-0.4, -0.2) is 88.4 Å². The first-order valence-electron chi connectivity index (χ1n) is 14.6. The van der Waals surface area contributed by atoms with Crippen molar-refractivity contribution in [1.29, 1.82) is 0 Å². The van der Waals surface area contributed by atoms with Gasteiger partial charge in [0.2, 0.25) is 0 Å². The van der Waals surface area contributed by atoms with Crippen LogP contribution in [0, 0.1) is 0 Å². The number of hydrogen-bond acceptors (Lipinski definition) is 8. The van der Waals surface area contributed by atoms with Crippen LogP contribution in [0.4, 0.5) is 9.59 Å². The van der Waals surface area contributed by atoms with Crippen LogP contribution in [0.1, 0.15) is 105 Å². The van der Waals surface area contributed by atoms with Crippen molar-refractivity contribution in [2.75, 3.05) is 13.2 Å². The molecule has 5 heterocycles. The van der Waals surface area contributed by atoms with E-state index in [9.17, 15) is 19.8 Å². The zero-order valence-corrected chi connectivity index (χ0v) is 24.5. The molecule has 0 aliphatic carbocycles. The summed E-state index contributed by atoms with van der Waals surface area (Å²) in [6, 6.07) is 1.63. The average Bonchev–Trinajstić information content (AvgIpc) is 3.38. The molecule has 0 radical (unpaired) electrons. The third kappa shape index (κ3) is 12.8. The molecule has 5 rings (SSSR count). The molecule has 5 aliphatic rings. The summed E-state index contributed by atoms with van der Waals surface area (Å²) in [5.41, 5.74) is -0.741. The second kappa shape index (κ2) is 17.5. The average molecular weight is 563 g/mol. The molecule has 222 valence electrons. The molecule has 1 amide bonds. The summed E-state index contributed by atoms with van der Waals surface area (Å²) in [5.74, 6) is 0. The summed E-state index contributed by atoms with van der Waals surface area (Å²) < 4.78 is 14.6. The standard InChI is InChI=1S/C12H21NO3.C8H15NO.C4H7ClO2.C4H8O/c1-8(2)16-12(15)13-9-4-3-5-10(13)7-11(14)6-9;10-8-4-6-2-1-3-7(5-8)9-6;1-3(2)7-4(5)6;1-2-4-5-3-1/h8-11,14H,3-7H2,1-2H3;6-10H,1-5H2;3H,1-2H3;1-4H2. The van der Waals surface area contributed by atoms with E-state index in [0.29, 0.717) is 24.9 Å². The molecule has 0 aromatic rings. The maximum Gasteiger partial charge on any atom is 0.410 e. The number of nitrogens with one attached hydrogen (secondary N) is 1. The van der Waals surface area contributed by atoms with E-state index in [0.717, 1.165) is 45.3 Å². The lowest BCUT2D eigenvalue weighted by Crippen LogP contribution is -2.56. The number of aliphatic hydroxyl groups is 2.